The van der Waals surface area contributed by atoms with Crippen LogP contribution in [-0.4, -0.2) is 44.1 Å². The summed E-state index contributed by atoms with van der Waals surface area (Å²) in [6.45, 7) is 4.91. The summed E-state index contributed by atoms with van der Waals surface area (Å²) in [5, 5.41) is 0. The van der Waals surface area contributed by atoms with Crippen molar-refractivity contribution in [2.45, 2.75) is 13.8 Å². The first-order valence-electron chi connectivity index (χ1n) is 8.05. The molecule has 0 aliphatic carbocycles. The quantitative estimate of drug-likeness (QED) is 0.757. The highest BCUT2D eigenvalue weighted by atomic mass is 16.5. The average Bonchev–Trinajstić information content (AvgIpc) is 2.59. The van der Waals surface area contributed by atoms with Crippen LogP contribution >= 0.6 is 0 Å². The molecule has 0 aliphatic rings. The largest absolute Gasteiger partial charge is 0.492 e. The Kier molecular flexibility index (Phi) is 6.17. The Bertz CT molecular complexity index is 733. The summed E-state index contributed by atoms with van der Waals surface area (Å²) in [5.41, 5.74) is 3.22. The fourth-order valence-corrected chi connectivity index (χ4v) is 2.51. The SMILES string of the molecule is COC(=O)c1ccc(C(=O)N(C)CCOc2cc(C)cc(C)c2)cc1. The number of carbonyl (C=O) groups is 2. The molecule has 0 unspecified atom stereocenters. The number of carbonyl (C=O) groups excluding carboxylic acids is 2. The van der Waals surface area contributed by atoms with Crippen LogP contribution in [0.25, 0.3) is 0 Å². The van der Waals surface area contributed by atoms with Crippen molar-refractivity contribution in [3.05, 3.63) is 64.7 Å². The molecule has 0 fully saturated rings. The Morgan fingerprint density at radius 1 is 0.960 bits per heavy atom. The predicted octanol–water partition coefficient (Wildman–Crippen LogP) is 3.24. The maximum absolute atomic E-state index is 12.4. The Balaban J connectivity index is 1.90. The van der Waals surface area contributed by atoms with E-state index in [4.69, 9.17) is 4.74 Å². The molecule has 5 heteroatoms. The molecule has 0 heterocycles. The number of rotatable bonds is 6. The van der Waals surface area contributed by atoms with Gasteiger partial charge in [0.2, 0.25) is 0 Å². The van der Waals surface area contributed by atoms with Crippen LogP contribution in [0, 0.1) is 13.8 Å². The van der Waals surface area contributed by atoms with E-state index in [1.807, 2.05) is 26.0 Å². The summed E-state index contributed by atoms with van der Waals surface area (Å²) < 4.78 is 10.4. The van der Waals surface area contributed by atoms with Crippen LogP contribution in [0.3, 0.4) is 0 Å². The van der Waals surface area contributed by atoms with Gasteiger partial charge in [0, 0.05) is 12.6 Å². The molecule has 0 radical (unpaired) electrons. The maximum Gasteiger partial charge on any atom is 0.337 e. The molecule has 0 N–H and O–H groups in total. The van der Waals surface area contributed by atoms with E-state index in [2.05, 4.69) is 10.8 Å². The predicted molar refractivity (Wildman–Crippen MR) is 96.2 cm³/mol. The molecule has 0 saturated heterocycles. The molecule has 0 atom stereocenters. The molecule has 5 nitrogen and oxygen atoms in total. The van der Waals surface area contributed by atoms with Gasteiger partial charge in [0.15, 0.2) is 0 Å². The zero-order chi connectivity index (χ0) is 18.4. The number of ether oxygens (including phenoxy) is 2. The second-order valence-electron chi connectivity index (χ2n) is 5.97. The number of benzene rings is 2. The summed E-state index contributed by atoms with van der Waals surface area (Å²) in [5.74, 6) is 0.260. The number of aryl methyl sites for hydroxylation is 2. The van der Waals surface area contributed by atoms with Gasteiger partial charge < -0.3 is 14.4 Å². The monoisotopic (exact) mass is 341 g/mol. The average molecular weight is 341 g/mol. The van der Waals surface area contributed by atoms with Gasteiger partial charge in [0.05, 0.1) is 19.2 Å². The van der Waals surface area contributed by atoms with Crippen molar-refractivity contribution in [2.75, 3.05) is 27.3 Å². The fourth-order valence-electron chi connectivity index (χ4n) is 2.51. The highest BCUT2D eigenvalue weighted by Crippen LogP contribution is 2.16. The number of hydrogen-bond acceptors (Lipinski definition) is 4. The first-order valence-corrected chi connectivity index (χ1v) is 8.05. The number of amides is 1. The van der Waals surface area contributed by atoms with Gasteiger partial charge in [0.25, 0.3) is 5.91 Å². The molecule has 0 saturated carbocycles. The topological polar surface area (TPSA) is 55.8 Å². The molecular formula is C20H23NO4. The van der Waals surface area contributed by atoms with Gasteiger partial charge in [-0.15, -0.1) is 0 Å². The van der Waals surface area contributed by atoms with E-state index >= 15 is 0 Å². The molecule has 2 aromatic carbocycles. The van der Waals surface area contributed by atoms with Gasteiger partial charge in [-0.1, -0.05) is 6.07 Å². The Morgan fingerprint density at radius 2 is 1.52 bits per heavy atom. The van der Waals surface area contributed by atoms with E-state index in [1.165, 1.54) is 7.11 Å². The van der Waals surface area contributed by atoms with Crippen LogP contribution in [0.15, 0.2) is 42.5 Å². The molecule has 0 aliphatic heterocycles. The van der Waals surface area contributed by atoms with Gasteiger partial charge >= 0.3 is 5.97 Å². The third kappa shape index (κ3) is 5.08. The maximum atomic E-state index is 12.4. The second kappa shape index (κ2) is 8.33. The number of hydrogen-bond donors (Lipinski definition) is 0. The van der Waals surface area contributed by atoms with E-state index in [9.17, 15) is 9.59 Å². The summed E-state index contributed by atoms with van der Waals surface area (Å²) >= 11 is 0. The zero-order valence-electron chi connectivity index (χ0n) is 15.0. The third-order valence-corrected chi connectivity index (χ3v) is 3.79. The van der Waals surface area contributed by atoms with Gasteiger partial charge in [-0.3, -0.25) is 4.79 Å². The molecule has 0 bridgehead atoms. The third-order valence-electron chi connectivity index (χ3n) is 3.79. The van der Waals surface area contributed by atoms with Crippen molar-refractivity contribution in [1.82, 2.24) is 4.90 Å². The van der Waals surface area contributed by atoms with Gasteiger partial charge in [-0.05, 0) is 61.4 Å². The van der Waals surface area contributed by atoms with Gasteiger partial charge in [-0.2, -0.15) is 0 Å². The molecule has 0 aromatic heterocycles. The molecular weight excluding hydrogens is 318 g/mol. The zero-order valence-corrected chi connectivity index (χ0v) is 15.0. The van der Waals surface area contributed by atoms with Crippen LogP contribution in [0.2, 0.25) is 0 Å². The minimum absolute atomic E-state index is 0.125. The Hall–Kier alpha value is -2.82. The van der Waals surface area contributed by atoms with Gasteiger partial charge in [0.1, 0.15) is 12.4 Å². The number of nitrogens with zero attached hydrogens (tertiary/aromatic N) is 1. The number of likely N-dealkylation sites (N-methyl/N-ethyl adjacent to an activating group) is 1. The fraction of sp³-hybridized carbons (Fsp3) is 0.300. The van der Waals surface area contributed by atoms with E-state index in [1.54, 1.807) is 36.2 Å². The van der Waals surface area contributed by atoms with Crippen LogP contribution < -0.4 is 4.74 Å². The first kappa shape index (κ1) is 18.5. The van der Waals surface area contributed by atoms with Crippen LogP contribution in [0.1, 0.15) is 31.8 Å². The van der Waals surface area contributed by atoms with Crippen LogP contribution in [0.5, 0.6) is 5.75 Å². The highest BCUT2D eigenvalue weighted by molar-refractivity contribution is 5.96. The lowest BCUT2D eigenvalue weighted by Crippen LogP contribution is -2.30. The molecule has 2 aromatic rings. The van der Waals surface area contributed by atoms with Crippen LogP contribution in [0.4, 0.5) is 0 Å². The Morgan fingerprint density at radius 3 is 2.08 bits per heavy atom. The second-order valence-corrected chi connectivity index (χ2v) is 5.97. The summed E-state index contributed by atoms with van der Waals surface area (Å²) in [4.78, 5) is 25.4. The molecule has 132 valence electrons. The molecule has 0 spiro atoms. The Labute approximate surface area is 148 Å². The normalized spacial score (nSPS) is 10.2. The minimum Gasteiger partial charge on any atom is -0.492 e. The van der Waals surface area contributed by atoms with Crippen molar-refractivity contribution < 1.29 is 19.1 Å². The summed E-state index contributed by atoms with van der Waals surface area (Å²) in [6, 6.07) is 12.4. The molecule has 25 heavy (non-hydrogen) atoms. The lowest BCUT2D eigenvalue weighted by atomic mass is 10.1. The first-order chi connectivity index (χ1) is 11.9. The van der Waals surface area contributed by atoms with Crippen molar-refractivity contribution in [1.29, 1.82) is 0 Å². The van der Waals surface area contributed by atoms with E-state index in [0.29, 0.717) is 24.3 Å². The van der Waals surface area contributed by atoms with Crippen LogP contribution in [-0.2, 0) is 4.74 Å². The van der Waals surface area contributed by atoms with E-state index in [0.717, 1.165) is 16.9 Å². The standard InChI is InChI=1S/C20H23NO4/c1-14-11-15(2)13-18(12-14)25-10-9-21(3)19(22)16-5-7-17(8-6-16)20(23)24-4/h5-8,11-13H,9-10H2,1-4H3. The lowest BCUT2D eigenvalue weighted by molar-refractivity contribution is 0.0600. The van der Waals surface area contributed by atoms with Crippen molar-refractivity contribution in [3.63, 3.8) is 0 Å². The minimum atomic E-state index is -0.422. The molecule has 1 amide bonds. The lowest BCUT2D eigenvalue weighted by Gasteiger charge is -2.18. The summed E-state index contributed by atoms with van der Waals surface area (Å²) in [7, 11) is 3.05. The van der Waals surface area contributed by atoms with Crippen molar-refractivity contribution >= 4 is 11.9 Å². The number of esters is 1. The highest BCUT2D eigenvalue weighted by Gasteiger charge is 2.13. The van der Waals surface area contributed by atoms with E-state index in [-0.39, 0.29) is 5.91 Å². The van der Waals surface area contributed by atoms with Crippen molar-refractivity contribution in [3.8, 4) is 5.75 Å². The van der Waals surface area contributed by atoms with E-state index < -0.39 is 5.97 Å². The number of methoxy groups -OCH3 is 1. The van der Waals surface area contributed by atoms with Crippen molar-refractivity contribution in [2.24, 2.45) is 0 Å². The molecule has 2 rings (SSSR count). The van der Waals surface area contributed by atoms with Gasteiger partial charge in [-0.25, -0.2) is 4.79 Å². The summed E-state index contributed by atoms with van der Waals surface area (Å²) in [6.07, 6.45) is 0. The smallest absolute Gasteiger partial charge is 0.337 e.